The fourth-order valence-electron chi connectivity index (χ4n) is 2.13. The quantitative estimate of drug-likeness (QED) is 0.208. The standard InChI is InChI=1S/C17H11ClF13NO2/c1-2-34-11(33)7-10(32-9-5-3-8(18)4-6-9)12(19,20)13(21,22)14(23,24)15(25,26)16(27,28)17(29,30)31/h3-7,32H,2H2,1H3/b10-7+. The molecule has 0 aromatic heterocycles. The van der Waals surface area contributed by atoms with E-state index in [0.717, 1.165) is 31.2 Å². The first kappa shape index (κ1) is 29.6. The average molecular weight is 544 g/mol. The van der Waals surface area contributed by atoms with Gasteiger partial charge in [-0.1, -0.05) is 11.6 Å². The molecule has 1 aromatic carbocycles. The molecule has 0 aliphatic heterocycles. The zero-order valence-electron chi connectivity index (χ0n) is 16.2. The highest BCUT2D eigenvalue weighted by molar-refractivity contribution is 6.30. The Labute approximate surface area is 186 Å². The van der Waals surface area contributed by atoms with E-state index < -0.39 is 65.8 Å². The second-order valence-electron chi connectivity index (χ2n) is 6.31. The highest BCUT2D eigenvalue weighted by Gasteiger charge is 2.91. The van der Waals surface area contributed by atoms with E-state index >= 15 is 0 Å². The summed E-state index contributed by atoms with van der Waals surface area (Å²) in [5, 5.41) is 1.25. The van der Waals surface area contributed by atoms with Gasteiger partial charge in [-0.3, -0.25) is 0 Å². The van der Waals surface area contributed by atoms with Crippen molar-refractivity contribution < 1.29 is 66.6 Å². The average Bonchev–Trinajstić information content (AvgIpc) is 2.67. The molecule has 0 saturated carbocycles. The summed E-state index contributed by atoms with van der Waals surface area (Å²) in [4.78, 5) is 11.5. The molecule has 0 aliphatic carbocycles. The molecule has 34 heavy (non-hydrogen) atoms. The van der Waals surface area contributed by atoms with Crippen molar-refractivity contribution in [3.63, 3.8) is 0 Å². The number of esters is 1. The van der Waals surface area contributed by atoms with Crippen molar-refractivity contribution in [1.29, 1.82) is 0 Å². The second-order valence-corrected chi connectivity index (χ2v) is 6.75. The van der Waals surface area contributed by atoms with E-state index in [1.54, 1.807) is 0 Å². The van der Waals surface area contributed by atoms with Gasteiger partial charge in [0.05, 0.1) is 12.3 Å². The van der Waals surface area contributed by atoms with Crippen LogP contribution in [0.4, 0.5) is 62.8 Å². The van der Waals surface area contributed by atoms with Crippen molar-refractivity contribution in [2.24, 2.45) is 0 Å². The summed E-state index contributed by atoms with van der Waals surface area (Å²) in [6.45, 7) is 0.496. The van der Waals surface area contributed by atoms with Gasteiger partial charge in [0.15, 0.2) is 0 Å². The van der Waals surface area contributed by atoms with Crippen LogP contribution in [0.2, 0.25) is 5.02 Å². The molecule has 0 bridgehead atoms. The van der Waals surface area contributed by atoms with Crippen molar-refractivity contribution in [2.75, 3.05) is 11.9 Å². The number of nitrogens with one attached hydrogen (secondary N) is 1. The molecule has 0 spiro atoms. The van der Waals surface area contributed by atoms with Crippen LogP contribution in [0.25, 0.3) is 0 Å². The number of anilines is 1. The van der Waals surface area contributed by atoms with E-state index in [1.165, 1.54) is 5.32 Å². The van der Waals surface area contributed by atoms with E-state index in [4.69, 9.17) is 11.6 Å². The highest BCUT2D eigenvalue weighted by Crippen LogP contribution is 2.61. The molecule has 0 fully saturated rings. The Hall–Kier alpha value is -2.39. The minimum Gasteiger partial charge on any atom is -0.463 e. The first-order valence-electron chi connectivity index (χ1n) is 8.45. The molecule has 0 saturated heterocycles. The monoisotopic (exact) mass is 543 g/mol. The first-order chi connectivity index (χ1) is 15.1. The molecule has 0 amide bonds. The summed E-state index contributed by atoms with van der Waals surface area (Å²) in [5.74, 6) is -40.2. The lowest BCUT2D eigenvalue weighted by atomic mass is 9.92. The smallest absolute Gasteiger partial charge is 0.460 e. The van der Waals surface area contributed by atoms with Gasteiger partial charge in [0.1, 0.15) is 0 Å². The minimum absolute atomic E-state index is 0.0703. The maximum atomic E-state index is 14.5. The molecule has 3 nitrogen and oxygen atoms in total. The molecule has 0 aliphatic rings. The zero-order valence-corrected chi connectivity index (χ0v) is 17.0. The third-order valence-electron chi connectivity index (χ3n) is 3.94. The number of hydrogen-bond acceptors (Lipinski definition) is 3. The number of halogens is 14. The highest BCUT2D eigenvalue weighted by atomic mass is 35.5. The third kappa shape index (κ3) is 5.00. The fraction of sp³-hybridized carbons (Fsp3) is 0.471. The van der Waals surface area contributed by atoms with Gasteiger partial charge in [-0.05, 0) is 31.2 Å². The normalized spacial score (nSPS) is 14.7. The summed E-state index contributed by atoms with van der Waals surface area (Å²) < 4.78 is 178. The Morgan fingerprint density at radius 3 is 1.68 bits per heavy atom. The lowest BCUT2D eigenvalue weighted by Gasteiger charge is -2.40. The Morgan fingerprint density at radius 1 is 0.824 bits per heavy atom. The SMILES string of the molecule is CCOC(=O)/C=C(/Nc1ccc(Cl)cc1)C(F)(F)C(F)(F)C(F)(F)C(F)(F)C(F)(F)C(F)(F)F. The number of rotatable bonds is 9. The van der Waals surface area contributed by atoms with Gasteiger partial charge in [0.2, 0.25) is 0 Å². The van der Waals surface area contributed by atoms with Gasteiger partial charge in [-0.25, -0.2) is 4.79 Å². The molecule has 0 atom stereocenters. The van der Waals surface area contributed by atoms with Crippen LogP contribution in [-0.2, 0) is 9.53 Å². The van der Waals surface area contributed by atoms with Crippen LogP contribution < -0.4 is 5.32 Å². The first-order valence-corrected chi connectivity index (χ1v) is 8.83. The van der Waals surface area contributed by atoms with Crippen molar-refractivity contribution in [3.05, 3.63) is 41.1 Å². The molecule has 1 N–H and O–H groups in total. The summed E-state index contributed by atoms with van der Waals surface area (Å²) >= 11 is 5.50. The lowest BCUT2D eigenvalue weighted by molar-refractivity contribution is -0.436. The van der Waals surface area contributed by atoms with Gasteiger partial charge in [0.25, 0.3) is 0 Å². The summed E-state index contributed by atoms with van der Waals surface area (Å²) in [6.07, 6.45) is -8.13. The van der Waals surface area contributed by atoms with Crippen molar-refractivity contribution >= 4 is 23.3 Å². The third-order valence-corrected chi connectivity index (χ3v) is 4.20. The van der Waals surface area contributed by atoms with Crippen LogP contribution in [0.1, 0.15) is 6.92 Å². The summed E-state index contributed by atoms with van der Waals surface area (Å²) in [6, 6.07) is 3.35. The topological polar surface area (TPSA) is 38.3 Å². The minimum atomic E-state index is -8.07. The van der Waals surface area contributed by atoms with Crippen molar-refractivity contribution in [1.82, 2.24) is 0 Å². The van der Waals surface area contributed by atoms with Crippen LogP contribution in [0.3, 0.4) is 0 Å². The van der Waals surface area contributed by atoms with Crippen molar-refractivity contribution in [2.45, 2.75) is 42.7 Å². The fourth-order valence-corrected chi connectivity index (χ4v) is 2.26. The number of allylic oxidation sites excluding steroid dienone is 1. The maximum absolute atomic E-state index is 14.5. The molecule has 0 heterocycles. The summed E-state index contributed by atoms with van der Waals surface area (Å²) in [7, 11) is 0. The van der Waals surface area contributed by atoms with Gasteiger partial charge in [0, 0.05) is 16.8 Å². The number of ether oxygens (including phenoxy) is 1. The predicted octanol–water partition coefficient (Wildman–Crippen LogP) is 6.94. The molecule has 194 valence electrons. The number of hydrogen-bond donors (Lipinski definition) is 1. The van der Waals surface area contributed by atoms with Gasteiger partial charge >= 0.3 is 41.8 Å². The van der Waals surface area contributed by atoms with E-state index in [1.807, 2.05) is 0 Å². The predicted molar refractivity (Wildman–Crippen MR) is 90.6 cm³/mol. The molecule has 0 unspecified atom stereocenters. The van der Waals surface area contributed by atoms with Crippen LogP contribution in [0.5, 0.6) is 0 Å². The molecule has 0 radical (unpaired) electrons. The van der Waals surface area contributed by atoms with Crippen LogP contribution in [0.15, 0.2) is 36.0 Å². The van der Waals surface area contributed by atoms with Crippen LogP contribution >= 0.6 is 11.6 Å². The Morgan fingerprint density at radius 2 is 1.26 bits per heavy atom. The molecular weight excluding hydrogens is 533 g/mol. The molecule has 1 aromatic rings. The Balaban J connectivity index is 3.68. The van der Waals surface area contributed by atoms with E-state index in [-0.39, 0.29) is 5.02 Å². The molecule has 1 rings (SSSR count). The second kappa shape index (κ2) is 9.34. The van der Waals surface area contributed by atoms with Gasteiger partial charge < -0.3 is 10.1 Å². The molecular formula is C17H11ClF13NO2. The largest absolute Gasteiger partial charge is 0.463 e. The van der Waals surface area contributed by atoms with Crippen LogP contribution in [0, 0.1) is 0 Å². The van der Waals surface area contributed by atoms with E-state index in [2.05, 4.69) is 4.74 Å². The maximum Gasteiger partial charge on any atom is 0.460 e. The number of benzene rings is 1. The number of carbonyl (C=O) groups is 1. The van der Waals surface area contributed by atoms with Crippen molar-refractivity contribution in [3.8, 4) is 0 Å². The Bertz CT molecular complexity index is 911. The molecule has 17 heteroatoms. The van der Waals surface area contributed by atoms with Gasteiger partial charge in [-0.2, -0.15) is 57.1 Å². The lowest BCUT2D eigenvalue weighted by Crippen LogP contribution is -2.70. The van der Waals surface area contributed by atoms with E-state index in [0.29, 0.717) is 0 Å². The number of alkyl halides is 13. The summed E-state index contributed by atoms with van der Waals surface area (Å²) in [5.41, 5.74) is -3.28. The van der Waals surface area contributed by atoms with E-state index in [9.17, 15) is 61.9 Å². The zero-order chi connectivity index (χ0) is 27.0. The van der Waals surface area contributed by atoms with Gasteiger partial charge in [-0.15, -0.1) is 0 Å². The van der Waals surface area contributed by atoms with Crippen LogP contribution in [-0.4, -0.2) is 48.4 Å². The Kier molecular flexibility index (Phi) is 8.14. The number of carbonyl (C=O) groups excluding carboxylic acids is 1.